The third-order valence-electron chi connectivity index (χ3n) is 5.26. The van der Waals surface area contributed by atoms with Gasteiger partial charge in [0.25, 0.3) is 0 Å². The van der Waals surface area contributed by atoms with Crippen molar-refractivity contribution in [2.75, 3.05) is 30.4 Å². The molecular formula is C22H23Cl2N5O2. The minimum absolute atomic E-state index is 0. The van der Waals surface area contributed by atoms with Gasteiger partial charge in [0.05, 0.1) is 29.9 Å². The number of aliphatic hydroxyl groups excluding tert-OH is 1. The van der Waals surface area contributed by atoms with E-state index in [9.17, 15) is 10.4 Å². The Morgan fingerprint density at radius 3 is 2.81 bits per heavy atom. The topological polar surface area (TPSA) is 94.3 Å². The van der Waals surface area contributed by atoms with Gasteiger partial charge in [-0.25, -0.2) is 0 Å². The first-order valence-electron chi connectivity index (χ1n) is 9.79. The molecule has 0 radical (unpaired) electrons. The lowest BCUT2D eigenvalue weighted by Crippen LogP contribution is -2.39. The summed E-state index contributed by atoms with van der Waals surface area (Å²) in [5.74, 6) is 1.94. The number of rotatable bonds is 5. The molecule has 1 unspecified atom stereocenters. The first kappa shape index (κ1) is 22.9. The number of aliphatic hydroxyl groups is 1. The second kappa shape index (κ2) is 10.0. The van der Waals surface area contributed by atoms with Crippen molar-refractivity contribution in [3.63, 3.8) is 0 Å². The fourth-order valence-corrected chi connectivity index (χ4v) is 4.01. The molecule has 0 bridgehead atoms. The number of aromatic nitrogens is 2. The number of nitrogens with one attached hydrogen (secondary N) is 1. The average Bonchev–Trinajstić information content (AvgIpc) is 2.77. The molecule has 2 aromatic carbocycles. The Kier molecular flexibility index (Phi) is 7.39. The van der Waals surface area contributed by atoms with Crippen molar-refractivity contribution in [3.8, 4) is 11.8 Å². The smallest absolute Gasteiger partial charge is 0.159 e. The minimum Gasteiger partial charge on any atom is -0.495 e. The maximum Gasteiger partial charge on any atom is 0.159 e. The standard InChI is InChI=1S/C22H22ClN5O2.ClH/c1-30-20-7-5-15(10-19(20)23)12-25-21-18-9-14(11-24)4-6-17(18)22(27-26-21)28-8-2-3-16(29)13-28;/h4-7,9-10,16,29H,2-3,8,12-13H2,1H3,(H,25,26);1H. The van der Waals surface area contributed by atoms with E-state index in [1.165, 1.54) is 0 Å². The highest BCUT2D eigenvalue weighted by Gasteiger charge is 2.22. The molecule has 31 heavy (non-hydrogen) atoms. The number of halogens is 2. The molecule has 1 aromatic heterocycles. The van der Waals surface area contributed by atoms with Crippen LogP contribution in [0.15, 0.2) is 36.4 Å². The summed E-state index contributed by atoms with van der Waals surface area (Å²) in [6.45, 7) is 1.84. The zero-order valence-corrected chi connectivity index (χ0v) is 18.6. The van der Waals surface area contributed by atoms with Crippen molar-refractivity contribution >= 4 is 46.4 Å². The fourth-order valence-electron chi connectivity index (χ4n) is 3.73. The molecule has 1 fully saturated rings. The summed E-state index contributed by atoms with van der Waals surface area (Å²) in [6, 6.07) is 13.3. The third-order valence-corrected chi connectivity index (χ3v) is 5.56. The maximum absolute atomic E-state index is 10.1. The number of hydrogen-bond acceptors (Lipinski definition) is 7. The largest absolute Gasteiger partial charge is 0.495 e. The second-order valence-electron chi connectivity index (χ2n) is 7.31. The summed E-state index contributed by atoms with van der Waals surface area (Å²) >= 11 is 6.22. The molecule has 0 saturated carbocycles. The number of nitrogens with zero attached hydrogens (tertiary/aromatic N) is 4. The van der Waals surface area contributed by atoms with Crippen LogP contribution in [-0.4, -0.2) is 41.6 Å². The third kappa shape index (κ3) is 4.93. The van der Waals surface area contributed by atoms with Gasteiger partial charge in [-0.2, -0.15) is 5.26 Å². The van der Waals surface area contributed by atoms with Crippen LogP contribution >= 0.6 is 24.0 Å². The van der Waals surface area contributed by atoms with Gasteiger partial charge in [0.15, 0.2) is 11.6 Å². The van der Waals surface area contributed by atoms with Crippen LogP contribution in [-0.2, 0) is 6.54 Å². The molecular weight excluding hydrogens is 437 g/mol. The van der Waals surface area contributed by atoms with Gasteiger partial charge in [0.2, 0.25) is 0 Å². The number of fused-ring (bicyclic) bond motifs is 1. The zero-order chi connectivity index (χ0) is 21.1. The molecule has 2 heterocycles. The van der Waals surface area contributed by atoms with Crippen LogP contribution < -0.4 is 15.0 Å². The Bertz CT molecular complexity index is 1120. The van der Waals surface area contributed by atoms with Crippen LogP contribution in [0.25, 0.3) is 10.8 Å². The van der Waals surface area contributed by atoms with Crippen molar-refractivity contribution < 1.29 is 9.84 Å². The number of ether oxygens (including phenoxy) is 1. The lowest BCUT2D eigenvalue weighted by atomic mass is 10.1. The monoisotopic (exact) mass is 459 g/mol. The molecule has 1 saturated heterocycles. The first-order chi connectivity index (χ1) is 14.6. The number of piperidine rings is 1. The quantitative estimate of drug-likeness (QED) is 0.591. The molecule has 1 aliphatic heterocycles. The summed E-state index contributed by atoms with van der Waals surface area (Å²) in [7, 11) is 1.58. The Hall–Kier alpha value is -2.79. The highest BCUT2D eigenvalue weighted by atomic mass is 35.5. The van der Waals surface area contributed by atoms with Crippen LogP contribution in [0, 0.1) is 11.3 Å². The lowest BCUT2D eigenvalue weighted by Gasteiger charge is -2.31. The number of methoxy groups -OCH3 is 1. The number of hydrogen-bond donors (Lipinski definition) is 2. The van der Waals surface area contributed by atoms with E-state index in [0.717, 1.165) is 41.5 Å². The SMILES string of the molecule is COc1ccc(CNc2nnc(N3CCCC(O)C3)c3ccc(C#N)cc23)cc1Cl.Cl. The van der Waals surface area contributed by atoms with Crippen molar-refractivity contribution in [3.05, 3.63) is 52.5 Å². The van der Waals surface area contributed by atoms with Crippen molar-refractivity contribution in [2.24, 2.45) is 0 Å². The van der Waals surface area contributed by atoms with Gasteiger partial charge in [-0.15, -0.1) is 22.6 Å². The normalized spacial score (nSPS) is 15.8. The molecule has 1 atom stereocenters. The molecule has 7 nitrogen and oxygen atoms in total. The predicted octanol–water partition coefficient (Wildman–Crippen LogP) is 4.16. The molecule has 0 amide bonds. The Labute approximate surface area is 192 Å². The average molecular weight is 460 g/mol. The highest BCUT2D eigenvalue weighted by molar-refractivity contribution is 6.32. The van der Waals surface area contributed by atoms with Crippen LogP contribution in [0.2, 0.25) is 5.02 Å². The Morgan fingerprint density at radius 1 is 1.26 bits per heavy atom. The molecule has 2 N–H and O–H groups in total. The lowest BCUT2D eigenvalue weighted by molar-refractivity contribution is 0.154. The molecule has 0 spiro atoms. The molecule has 4 rings (SSSR count). The van der Waals surface area contributed by atoms with E-state index in [4.69, 9.17) is 16.3 Å². The van der Waals surface area contributed by atoms with E-state index in [-0.39, 0.29) is 18.5 Å². The summed E-state index contributed by atoms with van der Waals surface area (Å²) in [5.41, 5.74) is 1.52. The van der Waals surface area contributed by atoms with E-state index >= 15 is 0 Å². The van der Waals surface area contributed by atoms with E-state index in [1.807, 2.05) is 30.3 Å². The summed E-state index contributed by atoms with van der Waals surface area (Å²) in [5, 5.41) is 33.8. The van der Waals surface area contributed by atoms with Crippen molar-refractivity contribution in [1.29, 1.82) is 5.26 Å². The van der Waals surface area contributed by atoms with Gasteiger partial charge in [-0.3, -0.25) is 0 Å². The van der Waals surface area contributed by atoms with Gasteiger partial charge in [-0.05, 0) is 48.7 Å². The number of nitriles is 1. The van der Waals surface area contributed by atoms with Gasteiger partial charge in [0.1, 0.15) is 5.75 Å². The maximum atomic E-state index is 10.1. The van der Waals surface area contributed by atoms with Gasteiger partial charge >= 0.3 is 0 Å². The van der Waals surface area contributed by atoms with Gasteiger partial charge in [-0.1, -0.05) is 17.7 Å². The summed E-state index contributed by atoms with van der Waals surface area (Å²) < 4.78 is 5.20. The van der Waals surface area contributed by atoms with Crippen LogP contribution in [0.4, 0.5) is 11.6 Å². The van der Waals surface area contributed by atoms with E-state index in [2.05, 4.69) is 26.5 Å². The Balaban J connectivity index is 0.00000272. The molecule has 162 valence electrons. The Morgan fingerprint density at radius 2 is 2.10 bits per heavy atom. The number of benzene rings is 2. The highest BCUT2D eigenvalue weighted by Crippen LogP contribution is 2.31. The van der Waals surface area contributed by atoms with Crippen LogP contribution in [0.5, 0.6) is 5.75 Å². The van der Waals surface area contributed by atoms with E-state index < -0.39 is 0 Å². The number of β-amino-alcohol motifs (C(OH)–C–C–N with tert-alkyl or cyclic N) is 1. The summed E-state index contributed by atoms with van der Waals surface area (Å²) in [4.78, 5) is 2.06. The zero-order valence-electron chi connectivity index (χ0n) is 17.0. The van der Waals surface area contributed by atoms with E-state index in [1.54, 1.807) is 13.2 Å². The van der Waals surface area contributed by atoms with Gasteiger partial charge in [0, 0.05) is 30.4 Å². The molecule has 3 aromatic rings. The van der Waals surface area contributed by atoms with Crippen molar-refractivity contribution in [2.45, 2.75) is 25.5 Å². The van der Waals surface area contributed by atoms with Crippen LogP contribution in [0.3, 0.4) is 0 Å². The second-order valence-corrected chi connectivity index (χ2v) is 7.72. The van der Waals surface area contributed by atoms with E-state index in [0.29, 0.717) is 35.2 Å². The minimum atomic E-state index is -0.369. The van der Waals surface area contributed by atoms with Crippen LogP contribution in [0.1, 0.15) is 24.0 Å². The summed E-state index contributed by atoms with van der Waals surface area (Å²) in [6.07, 6.45) is 1.33. The first-order valence-corrected chi connectivity index (χ1v) is 10.2. The molecule has 0 aliphatic carbocycles. The van der Waals surface area contributed by atoms with Gasteiger partial charge < -0.3 is 20.1 Å². The number of anilines is 2. The van der Waals surface area contributed by atoms with Crippen molar-refractivity contribution in [1.82, 2.24) is 10.2 Å². The fraction of sp³-hybridized carbons (Fsp3) is 0.318. The molecule has 9 heteroatoms. The predicted molar refractivity (Wildman–Crippen MR) is 124 cm³/mol. The molecule has 1 aliphatic rings.